The smallest absolute Gasteiger partial charge is 0.407 e. The number of hydrogen-bond donors (Lipinski definition) is 1. The molecule has 0 bridgehead atoms. The lowest BCUT2D eigenvalue weighted by Crippen LogP contribution is -2.34. The van der Waals surface area contributed by atoms with Crippen LogP contribution in [-0.4, -0.2) is 63.2 Å². The fraction of sp³-hybridized carbons (Fsp3) is 0.923. The molecule has 0 aliphatic carbocycles. The maximum atomic E-state index is 11.3. The predicted octanol–water partition coefficient (Wildman–Crippen LogP) is 1.96. The molecule has 6 nitrogen and oxygen atoms in total. The van der Waals surface area contributed by atoms with E-state index in [2.05, 4.69) is 21.2 Å². The maximum Gasteiger partial charge on any atom is 0.407 e. The van der Waals surface area contributed by atoms with Crippen molar-refractivity contribution in [1.29, 1.82) is 0 Å². The maximum absolute atomic E-state index is 11.3. The fourth-order valence-electron chi connectivity index (χ4n) is 1.14. The van der Waals surface area contributed by atoms with Crippen LogP contribution in [0.3, 0.4) is 0 Å². The van der Waals surface area contributed by atoms with E-state index in [4.69, 9.17) is 18.9 Å². The lowest BCUT2D eigenvalue weighted by Gasteiger charge is -2.19. The van der Waals surface area contributed by atoms with E-state index in [0.717, 1.165) is 5.33 Å². The summed E-state index contributed by atoms with van der Waals surface area (Å²) < 4.78 is 20.9. The molecule has 0 fully saturated rings. The molecule has 0 aliphatic heterocycles. The summed E-state index contributed by atoms with van der Waals surface area (Å²) in [5.41, 5.74) is -0.477. The van der Waals surface area contributed by atoms with Gasteiger partial charge in [0.1, 0.15) is 5.60 Å². The molecule has 0 spiro atoms. The van der Waals surface area contributed by atoms with Crippen molar-refractivity contribution in [3.63, 3.8) is 0 Å². The van der Waals surface area contributed by atoms with Gasteiger partial charge >= 0.3 is 6.09 Å². The SMILES string of the molecule is CC(C)(C)OC(=O)NCCOCCOCCOCCBr. The van der Waals surface area contributed by atoms with Gasteiger partial charge in [-0.1, -0.05) is 15.9 Å². The molecule has 0 saturated heterocycles. The standard InChI is InChI=1S/C13H26BrNO5/c1-13(2,3)20-12(16)15-5-7-18-9-11-19-10-8-17-6-4-14/h4-11H2,1-3H3,(H,15,16). The van der Waals surface area contributed by atoms with Crippen LogP contribution in [0, 0.1) is 0 Å². The lowest BCUT2D eigenvalue weighted by atomic mass is 10.2. The normalized spacial score (nSPS) is 11.4. The van der Waals surface area contributed by atoms with Crippen molar-refractivity contribution in [3.8, 4) is 0 Å². The molecule has 0 aromatic heterocycles. The van der Waals surface area contributed by atoms with Gasteiger partial charge in [-0.05, 0) is 20.8 Å². The molecule has 0 radical (unpaired) electrons. The summed E-state index contributed by atoms with van der Waals surface area (Å²) in [6.07, 6.45) is -0.429. The van der Waals surface area contributed by atoms with Crippen LogP contribution in [0.2, 0.25) is 0 Å². The Labute approximate surface area is 129 Å². The summed E-state index contributed by atoms with van der Waals surface area (Å²) in [4.78, 5) is 11.3. The Balaban J connectivity index is 3.19. The van der Waals surface area contributed by atoms with E-state index >= 15 is 0 Å². The van der Waals surface area contributed by atoms with Crippen LogP contribution in [0.1, 0.15) is 20.8 Å². The highest BCUT2D eigenvalue weighted by molar-refractivity contribution is 9.09. The summed E-state index contributed by atoms with van der Waals surface area (Å²) in [5, 5.41) is 3.45. The van der Waals surface area contributed by atoms with E-state index in [1.165, 1.54) is 0 Å². The molecule has 0 atom stereocenters. The van der Waals surface area contributed by atoms with Crippen molar-refractivity contribution in [3.05, 3.63) is 0 Å². The van der Waals surface area contributed by atoms with Gasteiger partial charge in [-0.2, -0.15) is 0 Å². The average molecular weight is 356 g/mol. The van der Waals surface area contributed by atoms with E-state index in [1.54, 1.807) is 0 Å². The van der Waals surface area contributed by atoms with Crippen molar-refractivity contribution in [1.82, 2.24) is 5.32 Å². The highest BCUT2D eigenvalue weighted by Crippen LogP contribution is 2.05. The molecular weight excluding hydrogens is 330 g/mol. The topological polar surface area (TPSA) is 66.0 Å². The van der Waals surface area contributed by atoms with E-state index in [-0.39, 0.29) is 0 Å². The highest BCUT2D eigenvalue weighted by atomic mass is 79.9. The van der Waals surface area contributed by atoms with Gasteiger partial charge in [-0.25, -0.2) is 4.79 Å². The molecule has 0 saturated carbocycles. The molecule has 0 aromatic carbocycles. The highest BCUT2D eigenvalue weighted by Gasteiger charge is 2.15. The van der Waals surface area contributed by atoms with Gasteiger partial charge in [0, 0.05) is 11.9 Å². The zero-order chi connectivity index (χ0) is 15.3. The lowest BCUT2D eigenvalue weighted by molar-refractivity contribution is 0.0167. The van der Waals surface area contributed by atoms with Crippen LogP contribution in [0.25, 0.3) is 0 Å². The molecular formula is C13H26BrNO5. The Morgan fingerprint density at radius 1 is 0.950 bits per heavy atom. The minimum Gasteiger partial charge on any atom is -0.444 e. The second-order valence-electron chi connectivity index (χ2n) is 4.95. The van der Waals surface area contributed by atoms with Gasteiger partial charge in [-0.15, -0.1) is 0 Å². The number of alkyl halides is 1. The van der Waals surface area contributed by atoms with Crippen LogP contribution in [0.5, 0.6) is 0 Å². The van der Waals surface area contributed by atoms with Crippen molar-refractivity contribution < 1.29 is 23.7 Å². The van der Waals surface area contributed by atoms with Gasteiger partial charge < -0.3 is 24.3 Å². The minimum absolute atomic E-state index is 0.420. The number of halogens is 1. The predicted molar refractivity (Wildman–Crippen MR) is 80.5 cm³/mol. The first-order valence-corrected chi connectivity index (χ1v) is 7.84. The third-order valence-electron chi connectivity index (χ3n) is 1.88. The Bertz CT molecular complexity index is 245. The number of carbonyl (C=O) groups excluding carboxylic acids is 1. The molecule has 1 N–H and O–H groups in total. The molecule has 20 heavy (non-hydrogen) atoms. The molecule has 0 aromatic rings. The zero-order valence-electron chi connectivity index (χ0n) is 12.6. The molecule has 0 heterocycles. The summed E-state index contributed by atoms with van der Waals surface area (Å²) in [6.45, 7) is 9.17. The van der Waals surface area contributed by atoms with Crippen LogP contribution >= 0.6 is 15.9 Å². The van der Waals surface area contributed by atoms with Crippen LogP contribution in [0.15, 0.2) is 0 Å². The Morgan fingerprint density at radius 2 is 1.45 bits per heavy atom. The number of hydrogen-bond acceptors (Lipinski definition) is 5. The largest absolute Gasteiger partial charge is 0.444 e. The number of amides is 1. The molecule has 0 aliphatic rings. The van der Waals surface area contributed by atoms with Gasteiger partial charge in [0.15, 0.2) is 0 Å². The number of carbonyl (C=O) groups is 1. The first kappa shape index (κ1) is 19.6. The molecule has 7 heteroatoms. The third kappa shape index (κ3) is 15.7. The van der Waals surface area contributed by atoms with Crippen LogP contribution in [-0.2, 0) is 18.9 Å². The van der Waals surface area contributed by atoms with Gasteiger partial charge in [0.25, 0.3) is 0 Å². The third-order valence-corrected chi connectivity index (χ3v) is 2.20. The zero-order valence-corrected chi connectivity index (χ0v) is 14.2. The second-order valence-corrected chi connectivity index (χ2v) is 5.75. The first-order valence-electron chi connectivity index (χ1n) is 6.72. The quantitative estimate of drug-likeness (QED) is 0.453. The number of rotatable bonds is 11. The fourth-order valence-corrected chi connectivity index (χ4v) is 1.36. The van der Waals surface area contributed by atoms with Crippen molar-refractivity contribution in [2.75, 3.05) is 51.5 Å². The van der Waals surface area contributed by atoms with Crippen molar-refractivity contribution in [2.24, 2.45) is 0 Å². The monoisotopic (exact) mass is 355 g/mol. The molecule has 0 unspecified atom stereocenters. The number of nitrogens with one attached hydrogen (secondary N) is 1. The molecule has 120 valence electrons. The Kier molecular flexibility index (Phi) is 12.1. The Hall–Kier alpha value is -0.370. The summed E-state index contributed by atoms with van der Waals surface area (Å²) in [6, 6.07) is 0. The first-order chi connectivity index (χ1) is 9.45. The number of alkyl carbamates (subject to hydrolysis) is 1. The van der Waals surface area contributed by atoms with Crippen molar-refractivity contribution in [2.45, 2.75) is 26.4 Å². The van der Waals surface area contributed by atoms with E-state index in [1.807, 2.05) is 20.8 Å². The van der Waals surface area contributed by atoms with E-state index in [9.17, 15) is 4.79 Å². The molecule has 0 rings (SSSR count). The summed E-state index contributed by atoms with van der Waals surface area (Å²) in [5.74, 6) is 0. The summed E-state index contributed by atoms with van der Waals surface area (Å²) in [7, 11) is 0. The van der Waals surface area contributed by atoms with Crippen LogP contribution < -0.4 is 5.32 Å². The average Bonchev–Trinajstić information content (AvgIpc) is 2.34. The van der Waals surface area contributed by atoms with Gasteiger partial charge in [-0.3, -0.25) is 0 Å². The van der Waals surface area contributed by atoms with Crippen molar-refractivity contribution >= 4 is 22.0 Å². The number of ether oxygens (including phenoxy) is 4. The summed E-state index contributed by atoms with van der Waals surface area (Å²) >= 11 is 3.27. The Morgan fingerprint density at radius 3 is 1.95 bits per heavy atom. The van der Waals surface area contributed by atoms with E-state index < -0.39 is 11.7 Å². The second kappa shape index (κ2) is 12.4. The van der Waals surface area contributed by atoms with E-state index in [0.29, 0.717) is 46.2 Å². The minimum atomic E-state index is -0.477. The van der Waals surface area contributed by atoms with Gasteiger partial charge in [0.05, 0.1) is 39.6 Å². The van der Waals surface area contributed by atoms with Crippen LogP contribution in [0.4, 0.5) is 4.79 Å². The van der Waals surface area contributed by atoms with Gasteiger partial charge in [0.2, 0.25) is 0 Å². The molecule has 1 amide bonds.